The van der Waals surface area contributed by atoms with Gasteiger partial charge in [0.25, 0.3) is 0 Å². The van der Waals surface area contributed by atoms with E-state index in [0.717, 1.165) is 32.1 Å². The zero-order chi connectivity index (χ0) is 13.6. The summed E-state index contributed by atoms with van der Waals surface area (Å²) in [7, 11) is 0. The van der Waals surface area contributed by atoms with Crippen molar-refractivity contribution in [1.29, 1.82) is 0 Å². The first kappa shape index (κ1) is 12.6. The van der Waals surface area contributed by atoms with Gasteiger partial charge < -0.3 is 4.57 Å². The molecule has 1 saturated carbocycles. The standard InChI is InChI=1S/C16H19FN2S/c17-16(6-2-1-3-7-16)8-4-13-15-12(5-9-20-15)14-10-18-11-19(13)14/h5,9-11,13H,1-4,6-8H2. The molecule has 3 heterocycles. The number of aromatic nitrogens is 2. The Morgan fingerprint density at radius 1 is 1.35 bits per heavy atom. The highest BCUT2D eigenvalue weighted by Gasteiger charge is 2.35. The van der Waals surface area contributed by atoms with E-state index in [1.54, 1.807) is 11.3 Å². The largest absolute Gasteiger partial charge is 0.322 e. The van der Waals surface area contributed by atoms with Gasteiger partial charge >= 0.3 is 0 Å². The lowest BCUT2D eigenvalue weighted by Gasteiger charge is -2.30. The van der Waals surface area contributed by atoms with Crippen LogP contribution in [0.4, 0.5) is 4.39 Å². The summed E-state index contributed by atoms with van der Waals surface area (Å²) in [4.78, 5) is 5.65. The number of alkyl halides is 1. The summed E-state index contributed by atoms with van der Waals surface area (Å²) >= 11 is 1.80. The molecular weight excluding hydrogens is 271 g/mol. The average molecular weight is 290 g/mol. The molecule has 20 heavy (non-hydrogen) atoms. The summed E-state index contributed by atoms with van der Waals surface area (Å²) in [5, 5.41) is 2.14. The molecule has 0 aromatic carbocycles. The Bertz CT molecular complexity index is 569. The molecule has 1 unspecified atom stereocenters. The second kappa shape index (κ2) is 4.69. The highest BCUT2D eigenvalue weighted by Crippen LogP contribution is 2.46. The Kier molecular flexibility index (Phi) is 2.95. The molecular formula is C16H19FN2S. The van der Waals surface area contributed by atoms with Crippen molar-refractivity contribution in [2.24, 2.45) is 0 Å². The molecule has 0 spiro atoms. The molecule has 4 rings (SSSR count). The summed E-state index contributed by atoms with van der Waals surface area (Å²) in [5.41, 5.74) is 1.58. The Morgan fingerprint density at radius 2 is 2.20 bits per heavy atom. The van der Waals surface area contributed by atoms with E-state index in [2.05, 4.69) is 21.0 Å². The fraction of sp³-hybridized carbons (Fsp3) is 0.562. The second-order valence-corrected chi connectivity index (χ2v) is 7.10. The number of hydrogen-bond acceptors (Lipinski definition) is 2. The van der Waals surface area contributed by atoms with Crippen LogP contribution in [0.1, 0.15) is 55.9 Å². The minimum atomic E-state index is -0.918. The maximum atomic E-state index is 14.8. The number of halogens is 1. The van der Waals surface area contributed by atoms with Crippen molar-refractivity contribution in [3.8, 4) is 11.3 Å². The van der Waals surface area contributed by atoms with Gasteiger partial charge in [0.05, 0.1) is 24.3 Å². The van der Waals surface area contributed by atoms with Crippen molar-refractivity contribution >= 4 is 11.3 Å². The normalized spacial score (nSPS) is 23.6. The number of fused-ring (bicyclic) bond motifs is 3. The molecule has 0 saturated heterocycles. The van der Waals surface area contributed by atoms with Crippen LogP contribution in [0.5, 0.6) is 0 Å². The number of imidazole rings is 1. The molecule has 1 aliphatic heterocycles. The van der Waals surface area contributed by atoms with Crippen LogP contribution in [0.2, 0.25) is 0 Å². The van der Waals surface area contributed by atoms with Crippen LogP contribution in [0.3, 0.4) is 0 Å². The van der Waals surface area contributed by atoms with Crippen LogP contribution in [-0.2, 0) is 0 Å². The maximum absolute atomic E-state index is 14.8. The van der Waals surface area contributed by atoms with Crippen molar-refractivity contribution in [1.82, 2.24) is 9.55 Å². The Balaban J connectivity index is 1.55. The van der Waals surface area contributed by atoms with Crippen LogP contribution < -0.4 is 0 Å². The summed E-state index contributed by atoms with van der Waals surface area (Å²) in [6.07, 6.45) is 10.2. The lowest BCUT2D eigenvalue weighted by Crippen LogP contribution is -2.27. The van der Waals surface area contributed by atoms with E-state index >= 15 is 0 Å². The zero-order valence-corrected chi connectivity index (χ0v) is 12.3. The van der Waals surface area contributed by atoms with Gasteiger partial charge in [-0.3, -0.25) is 0 Å². The second-order valence-electron chi connectivity index (χ2n) is 6.15. The van der Waals surface area contributed by atoms with E-state index in [9.17, 15) is 4.39 Å². The van der Waals surface area contributed by atoms with E-state index in [1.165, 1.54) is 22.6 Å². The smallest absolute Gasteiger partial charge is 0.111 e. The number of nitrogens with zero attached hydrogens (tertiary/aromatic N) is 2. The van der Waals surface area contributed by atoms with Crippen molar-refractivity contribution < 1.29 is 4.39 Å². The van der Waals surface area contributed by atoms with Crippen LogP contribution >= 0.6 is 11.3 Å². The zero-order valence-electron chi connectivity index (χ0n) is 11.5. The molecule has 2 aliphatic rings. The van der Waals surface area contributed by atoms with Gasteiger partial charge in [0, 0.05) is 10.4 Å². The molecule has 1 atom stereocenters. The van der Waals surface area contributed by atoms with E-state index < -0.39 is 5.67 Å². The van der Waals surface area contributed by atoms with Gasteiger partial charge in [-0.1, -0.05) is 19.3 Å². The van der Waals surface area contributed by atoms with Crippen LogP contribution in [0.15, 0.2) is 24.0 Å². The fourth-order valence-electron chi connectivity index (χ4n) is 3.78. The predicted octanol–water partition coefficient (Wildman–Crippen LogP) is 4.97. The third-order valence-electron chi connectivity index (χ3n) is 4.89. The molecule has 1 fully saturated rings. The van der Waals surface area contributed by atoms with Crippen LogP contribution in [0.25, 0.3) is 11.3 Å². The highest BCUT2D eigenvalue weighted by atomic mass is 32.1. The quantitative estimate of drug-likeness (QED) is 0.780. The molecule has 0 amide bonds. The molecule has 0 bridgehead atoms. The summed E-state index contributed by atoms with van der Waals surface area (Å²) in [5.74, 6) is 0. The van der Waals surface area contributed by atoms with Crippen molar-refractivity contribution in [3.05, 3.63) is 28.8 Å². The van der Waals surface area contributed by atoms with Gasteiger partial charge in [0.15, 0.2) is 0 Å². The number of rotatable bonds is 3. The highest BCUT2D eigenvalue weighted by molar-refractivity contribution is 7.10. The number of hydrogen-bond donors (Lipinski definition) is 0. The maximum Gasteiger partial charge on any atom is 0.111 e. The molecule has 2 nitrogen and oxygen atoms in total. The van der Waals surface area contributed by atoms with Crippen LogP contribution in [0, 0.1) is 0 Å². The Morgan fingerprint density at radius 3 is 3.05 bits per heavy atom. The average Bonchev–Trinajstić information content (AvgIpc) is 3.11. The topological polar surface area (TPSA) is 17.8 Å². The first-order valence-electron chi connectivity index (χ1n) is 7.55. The Hall–Kier alpha value is -1.16. The fourth-order valence-corrected chi connectivity index (χ4v) is 4.82. The van der Waals surface area contributed by atoms with Gasteiger partial charge in [0.2, 0.25) is 0 Å². The van der Waals surface area contributed by atoms with Gasteiger partial charge in [-0.2, -0.15) is 0 Å². The van der Waals surface area contributed by atoms with Crippen molar-refractivity contribution in [2.45, 2.75) is 56.7 Å². The van der Waals surface area contributed by atoms with Gasteiger partial charge in [-0.15, -0.1) is 11.3 Å². The molecule has 2 aromatic heterocycles. The molecule has 106 valence electrons. The SMILES string of the molecule is FC1(CCC2c3sccc3-c3cncn32)CCCCC1. The molecule has 1 aliphatic carbocycles. The first-order chi connectivity index (χ1) is 9.77. The Labute approximate surface area is 122 Å². The van der Waals surface area contributed by atoms with Crippen LogP contribution in [-0.4, -0.2) is 15.2 Å². The van der Waals surface area contributed by atoms with E-state index in [0.29, 0.717) is 12.5 Å². The van der Waals surface area contributed by atoms with Gasteiger partial charge in [-0.25, -0.2) is 9.37 Å². The minimum absolute atomic E-state index is 0.303. The lowest BCUT2D eigenvalue weighted by atomic mass is 9.82. The summed E-state index contributed by atoms with van der Waals surface area (Å²) in [6.45, 7) is 0. The van der Waals surface area contributed by atoms with Gasteiger partial charge in [-0.05, 0) is 37.1 Å². The molecule has 0 N–H and O–H groups in total. The van der Waals surface area contributed by atoms with Gasteiger partial charge in [0.1, 0.15) is 5.67 Å². The van der Waals surface area contributed by atoms with Crippen molar-refractivity contribution in [2.75, 3.05) is 0 Å². The summed E-state index contributed by atoms with van der Waals surface area (Å²) in [6, 6.07) is 2.47. The van der Waals surface area contributed by atoms with E-state index in [-0.39, 0.29) is 0 Å². The van der Waals surface area contributed by atoms with E-state index in [1.807, 2.05) is 12.5 Å². The summed E-state index contributed by atoms with van der Waals surface area (Å²) < 4.78 is 17.0. The predicted molar refractivity (Wildman–Crippen MR) is 79.8 cm³/mol. The molecule has 2 aromatic rings. The molecule has 0 radical (unpaired) electrons. The monoisotopic (exact) mass is 290 g/mol. The molecule has 4 heteroatoms. The van der Waals surface area contributed by atoms with E-state index in [4.69, 9.17) is 0 Å². The van der Waals surface area contributed by atoms with Crippen molar-refractivity contribution in [3.63, 3.8) is 0 Å². The third-order valence-corrected chi connectivity index (χ3v) is 5.91. The lowest BCUT2D eigenvalue weighted by molar-refractivity contribution is 0.0904. The number of thiophene rings is 1. The first-order valence-corrected chi connectivity index (χ1v) is 8.43. The minimum Gasteiger partial charge on any atom is -0.322 e. The third kappa shape index (κ3) is 1.93.